The third-order valence-corrected chi connectivity index (χ3v) is 7.11. The van der Waals surface area contributed by atoms with Gasteiger partial charge >= 0.3 is 5.97 Å². The van der Waals surface area contributed by atoms with Crippen molar-refractivity contribution < 1.29 is 33.9 Å². The van der Waals surface area contributed by atoms with Gasteiger partial charge in [-0.15, -0.1) is 0 Å². The summed E-state index contributed by atoms with van der Waals surface area (Å²) in [6.07, 6.45) is 8.64. The molecule has 222 valence electrons. The van der Waals surface area contributed by atoms with Crippen LogP contribution in [0, 0.1) is 0 Å². The minimum Gasteiger partial charge on any atom is -0.494 e. The molecule has 1 atom stereocenters. The summed E-state index contributed by atoms with van der Waals surface area (Å²) in [5, 5.41) is 11.3. The molecule has 2 aromatic carbocycles. The van der Waals surface area contributed by atoms with Gasteiger partial charge in [0.2, 0.25) is 11.8 Å². The average molecular weight is 567 g/mol. The monoisotopic (exact) mass is 566 g/mol. The maximum atomic E-state index is 12.9. The topological polar surface area (TPSA) is 131 Å². The third kappa shape index (κ3) is 12.1. The molecular weight excluding hydrogens is 524 g/mol. The highest BCUT2D eigenvalue weighted by atomic mass is 16.5. The van der Waals surface area contributed by atoms with Gasteiger partial charge in [-0.3, -0.25) is 19.6 Å². The number of unbranched alkanes of at least 4 members (excludes halogenated alkanes) is 3. The van der Waals surface area contributed by atoms with Crippen molar-refractivity contribution in [3.63, 3.8) is 0 Å². The van der Waals surface area contributed by atoms with E-state index in [1.807, 2.05) is 54.6 Å². The Morgan fingerprint density at radius 1 is 0.829 bits per heavy atom. The number of esters is 1. The standard InChI is InChI=1S/C32H42N2O7/c35-26(15-6-1-2-7-19-30(37)34-39)22-24-12-10-18-28(23-24)40-21-11-20-29(36)33-31(25-13-4-3-5-14-25)32(38)41-27-16-8-9-17-27/h3-5,10,12-14,18,23,27,31,39H,1-2,6-9,11,15-17,19-22H2,(H,33,36)(H,34,37)/t31-/m0/s1. The number of rotatable bonds is 18. The van der Waals surface area contributed by atoms with E-state index in [1.54, 1.807) is 5.48 Å². The molecule has 9 nitrogen and oxygen atoms in total. The van der Waals surface area contributed by atoms with Crippen LogP contribution in [0.5, 0.6) is 5.75 Å². The first-order chi connectivity index (χ1) is 19.9. The molecule has 1 saturated carbocycles. The SMILES string of the molecule is O=C(CCCCCCC(=O)NO)Cc1cccc(OCCCC(=O)N[C@H](C(=O)OC2CCCC2)c2ccccc2)c1. The fraction of sp³-hybridized carbons (Fsp3) is 0.500. The summed E-state index contributed by atoms with van der Waals surface area (Å²) < 4.78 is 11.5. The highest BCUT2D eigenvalue weighted by Gasteiger charge is 2.28. The summed E-state index contributed by atoms with van der Waals surface area (Å²) in [6.45, 7) is 0.321. The molecule has 41 heavy (non-hydrogen) atoms. The van der Waals surface area contributed by atoms with Crippen molar-refractivity contribution in [3.8, 4) is 5.75 Å². The van der Waals surface area contributed by atoms with Crippen molar-refractivity contribution >= 4 is 23.6 Å². The van der Waals surface area contributed by atoms with E-state index in [-0.39, 0.29) is 36.5 Å². The lowest BCUT2D eigenvalue weighted by molar-refractivity contribution is -0.153. The molecule has 9 heteroatoms. The number of benzene rings is 2. The van der Waals surface area contributed by atoms with E-state index in [2.05, 4.69) is 5.32 Å². The van der Waals surface area contributed by atoms with Crippen molar-refractivity contribution in [1.29, 1.82) is 0 Å². The summed E-state index contributed by atoms with van der Waals surface area (Å²) in [4.78, 5) is 48.9. The van der Waals surface area contributed by atoms with Crippen LogP contribution < -0.4 is 15.5 Å². The maximum absolute atomic E-state index is 12.9. The second-order valence-electron chi connectivity index (χ2n) is 10.5. The molecule has 0 saturated heterocycles. The molecule has 0 bridgehead atoms. The molecule has 1 aliphatic rings. The predicted octanol–water partition coefficient (Wildman–Crippen LogP) is 5.15. The van der Waals surface area contributed by atoms with E-state index in [0.29, 0.717) is 43.6 Å². The molecule has 1 aliphatic carbocycles. The maximum Gasteiger partial charge on any atom is 0.333 e. The first-order valence-corrected chi connectivity index (χ1v) is 14.7. The van der Waals surface area contributed by atoms with Crippen molar-refractivity contribution in [3.05, 3.63) is 65.7 Å². The van der Waals surface area contributed by atoms with Crippen LogP contribution >= 0.6 is 0 Å². The van der Waals surface area contributed by atoms with Gasteiger partial charge in [0, 0.05) is 25.7 Å². The highest BCUT2D eigenvalue weighted by Crippen LogP contribution is 2.24. The highest BCUT2D eigenvalue weighted by molar-refractivity contribution is 5.85. The lowest BCUT2D eigenvalue weighted by Gasteiger charge is -2.20. The largest absolute Gasteiger partial charge is 0.494 e. The van der Waals surface area contributed by atoms with Crippen molar-refractivity contribution in [2.75, 3.05) is 6.61 Å². The Morgan fingerprint density at radius 2 is 1.54 bits per heavy atom. The van der Waals surface area contributed by atoms with Crippen LogP contribution in [0.3, 0.4) is 0 Å². The number of ketones is 1. The number of Topliss-reactive ketones (excluding diaryl/α,β-unsaturated/α-hetero) is 1. The summed E-state index contributed by atoms with van der Waals surface area (Å²) in [5.74, 6) is -0.279. The molecule has 3 rings (SSSR count). The first kappa shape index (κ1) is 31.8. The van der Waals surface area contributed by atoms with E-state index in [4.69, 9.17) is 14.7 Å². The minimum absolute atomic E-state index is 0.0797. The lowest BCUT2D eigenvalue weighted by Crippen LogP contribution is -2.36. The molecule has 0 radical (unpaired) electrons. The van der Waals surface area contributed by atoms with Crippen LogP contribution in [-0.4, -0.2) is 41.5 Å². The fourth-order valence-electron chi connectivity index (χ4n) is 4.90. The molecule has 0 aromatic heterocycles. The van der Waals surface area contributed by atoms with Crippen LogP contribution in [0.1, 0.15) is 94.2 Å². The van der Waals surface area contributed by atoms with E-state index >= 15 is 0 Å². The Kier molecular flexibility index (Phi) is 13.9. The van der Waals surface area contributed by atoms with E-state index in [9.17, 15) is 19.2 Å². The van der Waals surface area contributed by atoms with E-state index in [1.165, 1.54) is 0 Å². The van der Waals surface area contributed by atoms with Crippen LogP contribution in [0.15, 0.2) is 54.6 Å². The first-order valence-electron chi connectivity index (χ1n) is 14.7. The Balaban J connectivity index is 1.37. The van der Waals surface area contributed by atoms with Gasteiger partial charge in [-0.2, -0.15) is 0 Å². The number of hydrogen-bond acceptors (Lipinski definition) is 7. The molecule has 0 heterocycles. The predicted molar refractivity (Wildman–Crippen MR) is 153 cm³/mol. The second kappa shape index (κ2) is 17.9. The number of nitrogens with one attached hydrogen (secondary N) is 2. The zero-order valence-electron chi connectivity index (χ0n) is 23.6. The van der Waals surface area contributed by atoms with Crippen molar-refractivity contribution in [2.24, 2.45) is 0 Å². The normalized spacial score (nSPS) is 13.8. The Bertz CT molecular complexity index is 1120. The van der Waals surface area contributed by atoms with Gasteiger partial charge in [0.05, 0.1) is 6.61 Å². The van der Waals surface area contributed by atoms with Crippen LogP contribution in [-0.2, 0) is 30.3 Å². The Morgan fingerprint density at radius 3 is 2.27 bits per heavy atom. The van der Waals surface area contributed by atoms with Crippen LogP contribution in [0.2, 0.25) is 0 Å². The number of hydroxylamine groups is 1. The number of carbonyl (C=O) groups is 4. The van der Waals surface area contributed by atoms with Gasteiger partial charge in [0.15, 0.2) is 6.04 Å². The van der Waals surface area contributed by atoms with Gasteiger partial charge in [-0.05, 0) is 68.2 Å². The number of carbonyl (C=O) groups excluding carboxylic acids is 4. The number of amides is 2. The van der Waals surface area contributed by atoms with Gasteiger partial charge in [0.1, 0.15) is 17.6 Å². The van der Waals surface area contributed by atoms with Crippen molar-refractivity contribution in [2.45, 2.75) is 95.6 Å². The molecule has 3 N–H and O–H groups in total. The molecule has 0 unspecified atom stereocenters. The summed E-state index contributed by atoms with van der Waals surface area (Å²) in [6, 6.07) is 15.7. The lowest BCUT2D eigenvalue weighted by atomic mass is 10.0. The Labute approximate surface area is 242 Å². The molecule has 1 fully saturated rings. The van der Waals surface area contributed by atoms with Gasteiger partial charge < -0.3 is 14.8 Å². The molecule has 0 spiro atoms. The summed E-state index contributed by atoms with van der Waals surface area (Å²) in [5.41, 5.74) is 3.18. The fourth-order valence-corrected chi connectivity index (χ4v) is 4.90. The summed E-state index contributed by atoms with van der Waals surface area (Å²) >= 11 is 0. The van der Waals surface area contributed by atoms with Gasteiger partial charge in [-0.1, -0.05) is 55.3 Å². The average Bonchev–Trinajstić information content (AvgIpc) is 3.49. The van der Waals surface area contributed by atoms with Crippen LogP contribution in [0.25, 0.3) is 0 Å². The zero-order valence-corrected chi connectivity index (χ0v) is 23.6. The van der Waals surface area contributed by atoms with Crippen molar-refractivity contribution in [1.82, 2.24) is 10.8 Å². The van der Waals surface area contributed by atoms with Crippen LogP contribution in [0.4, 0.5) is 0 Å². The van der Waals surface area contributed by atoms with Gasteiger partial charge in [0.25, 0.3) is 0 Å². The zero-order chi connectivity index (χ0) is 29.3. The molecular formula is C32H42N2O7. The number of ether oxygens (including phenoxy) is 2. The quantitative estimate of drug-likeness (QED) is 0.0985. The summed E-state index contributed by atoms with van der Waals surface area (Å²) in [7, 11) is 0. The minimum atomic E-state index is -0.841. The smallest absolute Gasteiger partial charge is 0.333 e. The number of hydrogen-bond donors (Lipinski definition) is 3. The molecule has 2 aromatic rings. The van der Waals surface area contributed by atoms with Gasteiger partial charge in [-0.25, -0.2) is 10.3 Å². The van der Waals surface area contributed by atoms with E-state index in [0.717, 1.165) is 50.5 Å². The third-order valence-electron chi connectivity index (χ3n) is 7.11. The Hall–Kier alpha value is -3.72. The molecule has 2 amide bonds. The molecule has 0 aliphatic heterocycles. The second-order valence-corrected chi connectivity index (χ2v) is 10.5. The van der Waals surface area contributed by atoms with E-state index < -0.39 is 12.0 Å².